The van der Waals surface area contributed by atoms with E-state index in [0.717, 1.165) is 66.9 Å². The Bertz CT molecular complexity index is 1360. The van der Waals surface area contributed by atoms with Gasteiger partial charge in [-0.3, -0.25) is 9.78 Å². The molecule has 0 atom stereocenters. The van der Waals surface area contributed by atoms with Crippen LogP contribution in [0.5, 0.6) is 5.75 Å². The van der Waals surface area contributed by atoms with Crippen LogP contribution in [0.3, 0.4) is 0 Å². The van der Waals surface area contributed by atoms with E-state index < -0.39 is 0 Å². The minimum absolute atomic E-state index is 0.0877. The van der Waals surface area contributed by atoms with E-state index in [4.69, 9.17) is 9.72 Å². The van der Waals surface area contributed by atoms with Crippen molar-refractivity contribution >= 4 is 0 Å². The maximum absolute atomic E-state index is 14.1. The molecule has 7 nitrogen and oxygen atoms in total. The smallest absolute Gasteiger partial charge is 0.264 e. The van der Waals surface area contributed by atoms with Crippen LogP contribution in [-0.2, 0) is 12.8 Å². The Morgan fingerprint density at radius 3 is 2.39 bits per heavy atom. The first-order valence-electron chi connectivity index (χ1n) is 12.7. The third-order valence-electron chi connectivity index (χ3n) is 6.85. The Balaban J connectivity index is 1.57. The van der Waals surface area contributed by atoms with Gasteiger partial charge in [-0.1, -0.05) is 56.2 Å². The van der Waals surface area contributed by atoms with Gasteiger partial charge in [0.15, 0.2) is 5.75 Å². The second kappa shape index (κ2) is 10.8. The lowest BCUT2D eigenvalue weighted by Gasteiger charge is -2.28. The van der Waals surface area contributed by atoms with Crippen LogP contribution in [0.1, 0.15) is 67.6 Å². The molecule has 0 radical (unpaired) electrons. The van der Waals surface area contributed by atoms with Gasteiger partial charge in [0.1, 0.15) is 5.82 Å². The molecule has 1 aliphatic carbocycles. The molecule has 184 valence electrons. The average molecular weight is 482 g/mol. The number of benzene rings is 1. The van der Waals surface area contributed by atoms with E-state index in [1.54, 1.807) is 24.1 Å². The van der Waals surface area contributed by atoms with E-state index in [1.807, 2.05) is 48.7 Å². The predicted octanol–water partition coefficient (Wildman–Crippen LogP) is 5.29. The molecule has 1 saturated carbocycles. The third kappa shape index (κ3) is 4.91. The van der Waals surface area contributed by atoms with E-state index in [2.05, 4.69) is 21.9 Å². The van der Waals surface area contributed by atoms with E-state index in [-0.39, 0.29) is 11.5 Å². The molecule has 1 aromatic carbocycles. The molecular formula is C29H31N5O2. The summed E-state index contributed by atoms with van der Waals surface area (Å²) in [6, 6.07) is 14.1. The minimum atomic E-state index is -0.0877. The van der Waals surface area contributed by atoms with Gasteiger partial charge < -0.3 is 4.74 Å². The molecule has 3 heterocycles. The number of hydrogen-bond acceptors (Lipinski definition) is 6. The van der Waals surface area contributed by atoms with Crippen LogP contribution in [0.25, 0.3) is 17.2 Å². The van der Waals surface area contributed by atoms with Gasteiger partial charge in [0.2, 0.25) is 5.95 Å². The number of hydrogen-bond donors (Lipinski definition) is 0. The van der Waals surface area contributed by atoms with E-state index in [1.165, 1.54) is 0 Å². The van der Waals surface area contributed by atoms with Crippen molar-refractivity contribution < 1.29 is 4.74 Å². The lowest BCUT2D eigenvalue weighted by molar-refractivity contribution is 0.388. The molecule has 0 bridgehead atoms. The van der Waals surface area contributed by atoms with Crippen LogP contribution in [-0.4, -0.2) is 31.6 Å². The highest BCUT2D eigenvalue weighted by Gasteiger charge is 2.28. The lowest BCUT2D eigenvalue weighted by atomic mass is 9.84. The standard InChI is InChI=1S/C29H31N5O2/c1-3-4-13-26-24(16-20-14-15-25(30-17-20)21-9-6-5-7-10-21)28(35)34(27(33-26)22-11-8-12-22)29-31-18-23(36-2)19-32-29/h5-7,9-10,14-15,17-19,22H,3-4,8,11-13,16H2,1-2H3. The fourth-order valence-electron chi connectivity index (χ4n) is 4.52. The summed E-state index contributed by atoms with van der Waals surface area (Å²) >= 11 is 0. The summed E-state index contributed by atoms with van der Waals surface area (Å²) in [5.41, 5.74) is 4.45. The highest BCUT2D eigenvalue weighted by molar-refractivity contribution is 5.58. The molecular weight excluding hydrogens is 450 g/mol. The maximum atomic E-state index is 14.1. The Kier molecular flexibility index (Phi) is 7.16. The van der Waals surface area contributed by atoms with Crippen LogP contribution < -0.4 is 10.3 Å². The van der Waals surface area contributed by atoms with Crippen LogP contribution in [0.4, 0.5) is 0 Å². The first-order valence-corrected chi connectivity index (χ1v) is 12.7. The van der Waals surface area contributed by atoms with E-state index in [0.29, 0.717) is 23.7 Å². The van der Waals surface area contributed by atoms with Gasteiger partial charge in [-0.15, -0.1) is 0 Å². The largest absolute Gasteiger partial charge is 0.494 e. The van der Waals surface area contributed by atoms with Gasteiger partial charge in [-0.25, -0.2) is 19.5 Å². The van der Waals surface area contributed by atoms with Crippen LogP contribution in [0.15, 0.2) is 65.8 Å². The highest BCUT2D eigenvalue weighted by atomic mass is 16.5. The summed E-state index contributed by atoms with van der Waals surface area (Å²) in [5, 5.41) is 0. The summed E-state index contributed by atoms with van der Waals surface area (Å²) in [7, 11) is 1.57. The fourth-order valence-corrected chi connectivity index (χ4v) is 4.52. The SMILES string of the molecule is CCCCc1nc(C2CCC2)n(-c2ncc(OC)cn2)c(=O)c1Cc1ccc(-c2ccccc2)nc1. The fraction of sp³-hybridized carbons (Fsp3) is 0.345. The number of rotatable bonds is 9. The molecule has 1 aliphatic rings. The summed E-state index contributed by atoms with van der Waals surface area (Å²) in [4.78, 5) is 32.7. The Morgan fingerprint density at radius 1 is 1.00 bits per heavy atom. The van der Waals surface area contributed by atoms with Gasteiger partial charge in [-0.2, -0.15) is 0 Å². The Hall–Kier alpha value is -3.87. The van der Waals surface area contributed by atoms with Crippen molar-refractivity contribution in [1.29, 1.82) is 0 Å². The molecule has 0 N–H and O–H groups in total. The summed E-state index contributed by atoms with van der Waals surface area (Å²) in [6.07, 6.45) is 11.5. The molecule has 5 rings (SSSR count). The first-order chi connectivity index (χ1) is 17.7. The zero-order chi connectivity index (χ0) is 24.9. The zero-order valence-corrected chi connectivity index (χ0v) is 20.9. The van der Waals surface area contributed by atoms with Gasteiger partial charge in [0.25, 0.3) is 5.56 Å². The first kappa shape index (κ1) is 23.9. The lowest BCUT2D eigenvalue weighted by Crippen LogP contribution is -2.33. The number of aromatic nitrogens is 5. The molecule has 0 amide bonds. The average Bonchev–Trinajstić information content (AvgIpc) is 2.89. The molecule has 0 saturated heterocycles. The predicted molar refractivity (Wildman–Crippen MR) is 140 cm³/mol. The number of pyridine rings is 1. The second-order valence-corrected chi connectivity index (χ2v) is 9.28. The molecule has 4 aromatic rings. The van der Waals surface area contributed by atoms with Crippen molar-refractivity contribution in [3.05, 3.63) is 94.1 Å². The molecule has 1 fully saturated rings. The van der Waals surface area contributed by atoms with Crippen LogP contribution >= 0.6 is 0 Å². The van der Waals surface area contributed by atoms with Crippen LogP contribution in [0, 0.1) is 0 Å². The normalized spacial score (nSPS) is 13.4. The van der Waals surface area contributed by atoms with Gasteiger partial charge in [-0.05, 0) is 37.3 Å². The Labute approximate surface area is 211 Å². The van der Waals surface area contributed by atoms with Crippen molar-refractivity contribution in [1.82, 2.24) is 24.5 Å². The van der Waals surface area contributed by atoms with Gasteiger partial charge in [0, 0.05) is 29.7 Å². The minimum Gasteiger partial charge on any atom is -0.494 e. The Morgan fingerprint density at radius 2 is 1.78 bits per heavy atom. The second-order valence-electron chi connectivity index (χ2n) is 9.28. The van der Waals surface area contributed by atoms with Crippen molar-refractivity contribution in [2.24, 2.45) is 0 Å². The topological polar surface area (TPSA) is 82.8 Å². The summed E-state index contributed by atoms with van der Waals surface area (Å²) < 4.78 is 6.84. The van der Waals surface area contributed by atoms with Crippen molar-refractivity contribution in [2.45, 2.75) is 57.8 Å². The van der Waals surface area contributed by atoms with Crippen molar-refractivity contribution in [3.8, 4) is 23.0 Å². The highest BCUT2D eigenvalue weighted by Crippen LogP contribution is 2.36. The van der Waals surface area contributed by atoms with Gasteiger partial charge in [0.05, 0.1) is 30.9 Å². The quantitative estimate of drug-likeness (QED) is 0.323. The van der Waals surface area contributed by atoms with E-state index in [9.17, 15) is 4.79 Å². The summed E-state index contributed by atoms with van der Waals surface area (Å²) in [6.45, 7) is 2.16. The molecule has 36 heavy (non-hydrogen) atoms. The number of unbranched alkanes of at least 4 members (excludes halogenated alkanes) is 1. The zero-order valence-electron chi connectivity index (χ0n) is 20.9. The molecule has 0 aliphatic heterocycles. The molecule has 0 unspecified atom stereocenters. The maximum Gasteiger partial charge on any atom is 0.264 e. The monoisotopic (exact) mass is 481 g/mol. The summed E-state index contributed by atoms with van der Waals surface area (Å²) in [5.74, 6) is 1.93. The van der Waals surface area contributed by atoms with Crippen LogP contribution in [0.2, 0.25) is 0 Å². The third-order valence-corrected chi connectivity index (χ3v) is 6.85. The number of nitrogens with zero attached hydrogens (tertiary/aromatic N) is 5. The number of aryl methyl sites for hydroxylation is 1. The molecule has 7 heteroatoms. The van der Waals surface area contributed by atoms with E-state index >= 15 is 0 Å². The number of ether oxygens (including phenoxy) is 1. The van der Waals surface area contributed by atoms with Gasteiger partial charge >= 0.3 is 0 Å². The van der Waals surface area contributed by atoms with Crippen molar-refractivity contribution in [3.63, 3.8) is 0 Å². The molecule has 0 spiro atoms. The molecule has 3 aromatic heterocycles. The van der Waals surface area contributed by atoms with Crippen molar-refractivity contribution in [2.75, 3.05) is 7.11 Å². The number of methoxy groups -OCH3 is 1.